The van der Waals surface area contributed by atoms with Crippen LogP contribution >= 0.6 is 0 Å². The minimum atomic E-state index is -0.836. The highest BCUT2D eigenvalue weighted by Gasteiger charge is 2.28. The maximum Gasteiger partial charge on any atom is 0.317 e. The molecule has 0 aromatic carbocycles. The molecule has 1 unspecified atom stereocenters. The molecule has 1 aliphatic heterocycles. The summed E-state index contributed by atoms with van der Waals surface area (Å²) in [6, 6.07) is 3.49. The van der Waals surface area contributed by atoms with Gasteiger partial charge in [0.05, 0.1) is 5.92 Å². The van der Waals surface area contributed by atoms with Crippen LogP contribution in [0.5, 0.6) is 5.88 Å². The molecular weight excluding hydrogens is 322 g/mol. The summed E-state index contributed by atoms with van der Waals surface area (Å²) < 4.78 is 5.98. The van der Waals surface area contributed by atoms with E-state index in [2.05, 4.69) is 10.3 Å². The SMILES string of the molecule is O=C(O)C1CCCN(C(=O)NCc2cccnc2OC2CCCC2)C1. The number of amides is 2. The first-order chi connectivity index (χ1) is 12.1. The number of pyridine rings is 1. The summed E-state index contributed by atoms with van der Waals surface area (Å²) in [5, 5.41) is 12.0. The Bertz CT molecular complexity index is 616. The largest absolute Gasteiger partial charge is 0.481 e. The van der Waals surface area contributed by atoms with Crippen molar-refractivity contribution in [3.63, 3.8) is 0 Å². The zero-order valence-electron chi connectivity index (χ0n) is 14.3. The van der Waals surface area contributed by atoms with E-state index >= 15 is 0 Å². The van der Waals surface area contributed by atoms with Gasteiger partial charge in [-0.15, -0.1) is 0 Å². The van der Waals surface area contributed by atoms with Gasteiger partial charge in [-0.25, -0.2) is 9.78 Å². The molecule has 3 rings (SSSR count). The first kappa shape index (κ1) is 17.5. The molecule has 1 saturated heterocycles. The lowest BCUT2D eigenvalue weighted by Crippen LogP contribution is -2.46. The molecule has 2 aliphatic rings. The Morgan fingerprint density at radius 1 is 1.28 bits per heavy atom. The second-order valence-electron chi connectivity index (χ2n) is 6.77. The smallest absolute Gasteiger partial charge is 0.317 e. The number of hydrogen-bond donors (Lipinski definition) is 2. The molecule has 2 amide bonds. The van der Waals surface area contributed by atoms with Gasteiger partial charge in [0.2, 0.25) is 5.88 Å². The fourth-order valence-electron chi connectivity index (χ4n) is 3.47. The van der Waals surface area contributed by atoms with Crippen molar-refractivity contribution in [1.82, 2.24) is 15.2 Å². The highest BCUT2D eigenvalue weighted by atomic mass is 16.5. The van der Waals surface area contributed by atoms with Gasteiger partial charge in [-0.05, 0) is 44.6 Å². The maximum atomic E-state index is 12.4. The number of rotatable bonds is 5. The predicted octanol–water partition coefficient (Wildman–Crippen LogP) is 2.41. The standard InChI is InChI=1S/C18H25N3O4/c22-17(23)14-6-4-10-21(12-14)18(24)20-11-13-5-3-9-19-16(13)25-15-7-1-2-8-15/h3,5,9,14-15H,1-2,4,6-8,10-12H2,(H,20,24)(H,22,23). The number of aromatic nitrogens is 1. The molecule has 136 valence electrons. The van der Waals surface area contributed by atoms with E-state index in [1.807, 2.05) is 12.1 Å². The zero-order chi connectivity index (χ0) is 17.6. The van der Waals surface area contributed by atoms with Gasteiger partial charge in [0.1, 0.15) is 6.10 Å². The van der Waals surface area contributed by atoms with Gasteiger partial charge in [-0.2, -0.15) is 0 Å². The summed E-state index contributed by atoms with van der Waals surface area (Å²) in [4.78, 5) is 29.4. The second kappa shape index (κ2) is 8.18. The molecule has 0 spiro atoms. The lowest BCUT2D eigenvalue weighted by Gasteiger charge is -2.30. The van der Waals surface area contributed by atoms with E-state index in [-0.39, 0.29) is 18.7 Å². The van der Waals surface area contributed by atoms with Gasteiger partial charge >= 0.3 is 12.0 Å². The molecule has 1 atom stereocenters. The van der Waals surface area contributed by atoms with E-state index in [0.29, 0.717) is 31.8 Å². The summed E-state index contributed by atoms with van der Waals surface area (Å²) in [5.74, 6) is -0.729. The molecule has 2 fully saturated rings. The molecule has 7 nitrogen and oxygen atoms in total. The number of piperidine rings is 1. The maximum absolute atomic E-state index is 12.4. The average molecular weight is 347 g/mol. The van der Waals surface area contributed by atoms with Gasteiger partial charge in [0, 0.05) is 31.4 Å². The number of carbonyl (C=O) groups is 2. The molecule has 1 saturated carbocycles. The molecule has 25 heavy (non-hydrogen) atoms. The fourth-order valence-corrected chi connectivity index (χ4v) is 3.47. The van der Waals surface area contributed by atoms with Crippen molar-refractivity contribution in [1.29, 1.82) is 0 Å². The summed E-state index contributed by atoms with van der Waals surface area (Å²) >= 11 is 0. The molecule has 2 N–H and O–H groups in total. The van der Waals surface area contributed by atoms with Crippen LogP contribution in [0, 0.1) is 5.92 Å². The first-order valence-electron chi connectivity index (χ1n) is 8.99. The number of likely N-dealkylation sites (tertiary alicyclic amines) is 1. The van der Waals surface area contributed by atoms with Crippen LogP contribution in [0.2, 0.25) is 0 Å². The number of aliphatic carboxylic acids is 1. The van der Waals surface area contributed by atoms with Crippen molar-refractivity contribution < 1.29 is 19.4 Å². The monoisotopic (exact) mass is 347 g/mol. The van der Waals surface area contributed by atoms with E-state index in [1.165, 1.54) is 12.8 Å². The summed E-state index contributed by atoms with van der Waals surface area (Å²) in [6.07, 6.45) is 7.71. The molecule has 0 radical (unpaired) electrons. The number of ether oxygens (including phenoxy) is 1. The summed E-state index contributed by atoms with van der Waals surface area (Å²) in [5.41, 5.74) is 0.842. The van der Waals surface area contributed by atoms with Gasteiger partial charge in [-0.3, -0.25) is 4.79 Å². The van der Waals surface area contributed by atoms with Gasteiger partial charge in [0.15, 0.2) is 0 Å². The summed E-state index contributed by atoms with van der Waals surface area (Å²) in [7, 11) is 0. The lowest BCUT2D eigenvalue weighted by atomic mass is 9.99. The predicted molar refractivity (Wildman–Crippen MR) is 91.3 cm³/mol. The van der Waals surface area contributed by atoms with Crippen LogP contribution in [0.25, 0.3) is 0 Å². The topological polar surface area (TPSA) is 91.8 Å². The van der Waals surface area contributed by atoms with Gasteiger partial charge in [0.25, 0.3) is 0 Å². The second-order valence-corrected chi connectivity index (χ2v) is 6.77. The Morgan fingerprint density at radius 3 is 2.84 bits per heavy atom. The Hall–Kier alpha value is -2.31. The third kappa shape index (κ3) is 4.61. The fraction of sp³-hybridized carbons (Fsp3) is 0.611. The Balaban J connectivity index is 1.55. The van der Waals surface area contributed by atoms with Crippen molar-refractivity contribution in [2.75, 3.05) is 13.1 Å². The number of nitrogens with zero attached hydrogens (tertiary/aromatic N) is 2. The average Bonchev–Trinajstić information content (AvgIpc) is 3.14. The van der Waals surface area contributed by atoms with Crippen molar-refractivity contribution in [2.24, 2.45) is 5.92 Å². The van der Waals surface area contributed by atoms with Crippen LogP contribution in [0.3, 0.4) is 0 Å². The number of carbonyl (C=O) groups excluding carboxylic acids is 1. The third-order valence-corrected chi connectivity index (χ3v) is 4.92. The number of carboxylic acids is 1. The zero-order valence-corrected chi connectivity index (χ0v) is 14.3. The molecule has 7 heteroatoms. The van der Waals surface area contributed by atoms with E-state index in [4.69, 9.17) is 9.84 Å². The molecular formula is C18H25N3O4. The van der Waals surface area contributed by atoms with Crippen LogP contribution in [-0.2, 0) is 11.3 Å². The van der Waals surface area contributed by atoms with Gasteiger partial charge in [-0.1, -0.05) is 6.07 Å². The molecule has 2 heterocycles. The Morgan fingerprint density at radius 2 is 2.08 bits per heavy atom. The lowest BCUT2D eigenvalue weighted by molar-refractivity contribution is -0.143. The first-order valence-corrected chi connectivity index (χ1v) is 8.99. The van der Waals surface area contributed by atoms with Crippen molar-refractivity contribution in [3.8, 4) is 5.88 Å². The van der Waals surface area contributed by atoms with Crippen molar-refractivity contribution in [2.45, 2.75) is 51.2 Å². The van der Waals surface area contributed by atoms with Crippen LogP contribution in [0.4, 0.5) is 4.79 Å². The molecule has 1 aromatic rings. The normalized spacial score (nSPS) is 21.1. The Labute approximate surface area is 147 Å². The minimum Gasteiger partial charge on any atom is -0.481 e. The van der Waals surface area contributed by atoms with Crippen LogP contribution in [0.15, 0.2) is 18.3 Å². The third-order valence-electron chi connectivity index (χ3n) is 4.92. The van der Waals surface area contributed by atoms with Gasteiger partial charge < -0.3 is 20.1 Å². The minimum absolute atomic E-state index is 0.211. The molecule has 1 aromatic heterocycles. The number of carboxylic acid groups (broad SMARTS) is 1. The molecule has 0 bridgehead atoms. The number of nitrogens with one attached hydrogen (secondary N) is 1. The molecule has 1 aliphatic carbocycles. The van der Waals surface area contributed by atoms with E-state index in [9.17, 15) is 9.59 Å². The highest BCUT2D eigenvalue weighted by molar-refractivity contribution is 5.76. The van der Waals surface area contributed by atoms with E-state index in [1.54, 1.807) is 11.1 Å². The van der Waals surface area contributed by atoms with Crippen LogP contribution in [-0.4, -0.2) is 46.2 Å². The van der Waals surface area contributed by atoms with E-state index < -0.39 is 11.9 Å². The quantitative estimate of drug-likeness (QED) is 0.853. The number of urea groups is 1. The van der Waals surface area contributed by atoms with Crippen LogP contribution in [0.1, 0.15) is 44.1 Å². The van der Waals surface area contributed by atoms with Crippen LogP contribution < -0.4 is 10.1 Å². The Kier molecular flexibility index (Phi) is 5.73. The summed E-state index contributed by atoms with van der Waals surface area (Å²) in [6.45, 7) is 1.18. The van der Waals surface area contributed by atoms with E-state index in [0.717, 1.165) is 18.4 Å². The highest BCUT2D eigenvalue weighted by Crippen LogP contribution is 2.25. The van der Waals surface area contributed by atoms with Crippen molar-refractivity contribution in [3.05, 3.63) is 23.9 Å². The van der Waals surface area contributed by atoms with Crippen molar-refractivity contribution >= 4 is 12.0 Å². The number of hydrogen-bond acceptors (Lipinski definition) is 4.